The van der Waals surface area contributed by atoms with E-state index < -0.39 is 0 Å². The minimum Gasteiger partial charge on any atom is -0.352 e. The maximum atomic E-state index is 13.2. The van der Waals surface area contributed by atoms with Crippen molar-refractivity contribution < 1.29 is 4.79 Å². The van der Waals surface area contributed by atoms with Crippen LogP contribution in [0.15, 0.2) is 48.8 Å². The fourth-order valence-corrected chi connectivity index (χ4v) is 3.94. The van der Waals surface area contributed by atoms with E-state index in [0.717, 1.165) is 22.6 Å². The fourth-order valence-electron chi connectivity index (χ4n) is 3.94. The van der Waals surface area contributed by atoms with Crippen LogP contribution in [0.2, 0.25) is 0 Å². The molecule has 0 spiro atoms. The molecule has 4 heterocycles. The fraction of sp³-hybridized carbons (Fsp3) is 0.304. The lowest BCUT2D eigenvalue weighted by molar-refractivity contribution is 0.0745. The highest BCUT2D eigenvalue weighted by atomic mass is 16.2. The van der Waals surface area contributed by atoms with Gasteiger partial charge in [0.05, 0.1) is 23.4 Å². The Morgan fingerprint density at radius 1 is 1.07 bits per heavy atom. The van der Waals surface area contributed by atoms with Gasteiger partial charge in [-0.3, -0.25) is 9.78 Å². The normalized spacial score (nSPS) is 13.9. The van der Waals surface area contributed by atoms with Crippen LogP contribution in [-0.2, 0) is 6.54 Å². The van der Waals surface area contributed by atoms with Gasteiger partial charge >= 0.3 is 0 Å². The molecule has 1 amide bonds. The number of rotatable bonds is 4. The number of hydrogen-bond donors (Lipinski definition) is 0. The van der Waals surface area contributed by atoms with Crippen LogP contribution in [0.3, 0.4) is 0 Å². The first-order valence-corrected chi connectivity index (χ1v) is 10.0. The summed E-state index contributed by atoms with van der Waals surface area (Å²) in [5.74, 6) is 0.747. The molecule has 0 N–H and O–H groups in total. The van der Waals surface area contributed by atoms with Crippen molar-refractivity contribution in [3.05, 3.63) is 77.0 Å². The molecule has 0 radical (unpaired) electrons. The molecule has 1 saturated heterocycles. The minimum absolute atomic E-state index is 0.0524. The average molecular weight is 400 g/mol. The molecular formula is C23H24N6O. The summed E-state index contributed by atoms with van der Waals surface area (Å²) in [6.45, 7) is 7.18. The van der Waals surface area contributed by atoms with Crippen molar-refractivity contribution in [2.24, 2.45) is 0 Å². The van der Waals surface area contributed by atoms with E-state index in [2.05, 4.69) is 25.5 Å². The Hall–Kier alpha value is -3.66. The monoisotopic (exact) mass is 400 g/mol. The summed E-state index contributed by atoms with van der Waals surface area (Å²) in [6.07, 6.45) is 3.48. The summed E-state index contributed by atoms with van der Waals surface area (Å²) >= 11 is 0. The highest BCUT2D eigenvalue weighted by molar-refractivity contribution is 5.96. The molecule has 1 aliphatic heterocycles. The van der Waals surface area contributed by atoms with E-state index in [9.17, 15) is 10.1 Å². The van der Waals surface area contributed by atoms with Gasteiger partial charge in [0.1, 0.15) is 11.9 Å². The van der Waals surface area contributed by atoms with Crippen LogP contribution in [0.5, 0.6) is 0 Å². The predicted molar refractivity (Wildman–Crippen MR) is 114 cm³/mol. The maximum absolute atomic E-state index is 13.2. The van der Waals surface area contributed by atoms with E-state index in [1.807, 2.05) is 43.0 Å². The molecule has 152 valence electrons. The molecule has 0 saturated carbocycles. The van der Waals surface area contributed by atoms with Gasteiger partial charge < -0.3 is 14.4 Å². The number of carbonyl (C=O) groups is 1. The van der Waals surface area contributed by atoms with Crippen molar-refractivity contribution in [2.75, 3.05) is 31.1 Å². The number of aromatic nitrogens is 3. The zero-order valence-corrected chi connectivity index (χ0v) is 17.2. The first kappa shape index (κ1) is 19.6. The SMILES string of the molecule is Cc1cc(C(=O)N2CCN(c3ncccc3C#N)CC2)c(C)n1Cc1ccccn1. The second-order valence-electron chi connectivity index (χ2n) is 7.46. The Morgan fingerprint density at radius 2 is 1.83 bits per heavy atom. The molecule has 7 heteroatoms. The molecule has 0 aliphatic carbocycles. The van der Waals surface area contributed by atoms with Crippen molar-refractivity contribution in [3.63, 3.8) is 0 Å². The van der Waals surface area contributed by atoms with Crippen molar-refractivity contribution in [1.29, 1.82) is 5.26 Å². The number of nitrogens with zero attached hydrogens (tertiary/aromatic N) is 6. The van der Waals surface area contributed by atoms with Crippen LogP contribution in [0, 0.1) is 25.2 Å². The molecule has 30 heavy (non-hydrogen) atoms. The minimum atomic E-state index is 0.0524. The van der Waals surface area contributed by atoms with Crippen LogP contribution < -0.4 is 4.90 Å². The number of hydrogen-bond acceptors (Lipinski definition) is 5. The molecule has 3 aromatic heterocycles. The van der Waals surface area contributed by atoms with Crippen LogP contribution in [0.25, 0.3) is 0 Å². The van der Waals surface area contributed by atoms with Gasteiger partial charge in [0.25, 0.3) is 5.91 Å². The lowest BCUT2D eigenvalue weighted by Gasteiger charge is -2.35. The van der Waals surface area contributed by atoms with Gasteiger partial charge in [-0.25, -0.2) is 4.98 Å². The molecule has 7 nitrogen and oxygen atoms in total. The quantitative estimate of drug-likeness (QED) is 0.673. The zero-order valence-electron chi connectivity index (χ0n) is 17.2. The lowest BCUT2D eigenvalue weighted by atomic mass is 10.2. The first-order chi connectivity index (χ1) is 14.6. The summed E-state index contributed by atoms with van der Waals surface area (Å²) in [6, 6.07) is 13.6. The molecular weight excluding hydrogens is 376 g/mol. The van der Waals surface area contributed by atoms with Gasteiger partial charge in [0.2, 0.25) is 0 Å². The van der Waals surface area contributed by atoms with E-state index in [0.29, 0.717) is 44.1 Å². The third-order valence-corrected chi connectivity index (χ3v) is 5.62. The largest absolute Gasteiger partial charge is 0.352 e. The number of amides is 1. The standard InChI is InChI=1S/C23H24N6O/c1-17-14-21(18(2)29(17)16-20-7-3-4-8-25-20)23(30)28-12-10-27(11-13-28)22-19(15-24)6-5-9-26-22/h3-9,14H,10-13,16H2,1-2H3. The summed E-state index contributed by atoms with van der Waals surface area (Å²) in [5.41, 5.74) is 4.28. The Kier molecular flexibility index (Phi) is 5.48. The third-order valence-electron chi connectivity index (χ3n) is 5.62. The van der Waals surface area contributed by atoms with Crippen LogP contribution in [0.4, 0.5) is 5.82 Å². The summed E-state index contributed by atoms with van der Waals surface area (Å²) in [4.78, 5) is 25.9. The van der Waals surface area contributed by atoms with E-state index >= 15 is 0 Å². The number of piperazine rings is 1. The van der Waals surface area contributed by atoms with Gasteiger partial charge in [0, 0.05) is 50.0 Å². The molecule has 0 unspecified atom stereocenters. The van der Waals surface area contributed by atoms with Crippen molar-refractivity contribution in [3.8, 4) is 6.07 Å². The Labute approximate surface area is 176 Å². The van der Waals surface area contributed by atoms with E-state index in [1.54, 1.807) is 24.5 Å². The molecule has 1 fully saturated rings. The summed E-state index contributed by atoms with van der Waals surface area (Å²) < 4.78 is 2.14. The second kappa shape index (κ2) is 8.37. The third kappa shape index (κ3) is 3.77. The number of anilines is 1. The molecule has 0 atom stereocenters. The van der Waals surface area contributed by atoms with Crippen LogP contribution in [-0.4, -0.2) is 51.5 Å². The Bertz CT molecular complexity index is 1090. The summed E-state index contributed by atoms with van der Waals surface area (Å²) in [5, 5.41) is 9.31. The zero-order chi connectivity index (χ0) is 21.1. The molecule has 0 bridgehead atoms. The summed E-state index contributed by atoms with van der Waals surface area (Å²) in [7, 11) is 0. The Morgan fingerprint density at radius 3 is 2.53 bits per heavy atom. The van der Waals surface area contributed by atoms with Crippen molar-refractivity contribution in [1.82, 2.24) is 19.4 Å². The molecule has 0 aromatic carbocycles. The van der Waals surface area contributed by atoms with Crippen molar-refractivity contribution >= 4 is 11.7 Å². The molecule has 4 rings (SSSR count). The smallest absolute Gasteiger partial charge is 0.255 e. The van der Waals surface area contributed by atoms with Crippen LogP contribution in [0.1, 0.15) is 33.0 Å². The topological polar surface area (TPSA) is 78.0 Å². The van der Waals surface area contributed by atoms with Crippen molar-refractivity contribution in [2.45, 2.75) is 20.4 Å². The lowest BCUT2D eigenvalue weighted by Crippen LogP contribution is -2.49. The highest BCUT2D eigenvalue weighted by Crippen LogP contribution is 2.22. The number of aryl methyl sites for hydroxylation is 1. The van der Waals surface area contributed by atoms with Gasteiger partial charge in [-0.15, -0.1) is 0 Å². The van der Waals surface area contributed by atoms with E-state index in [-0.39, 0.29) is 5.91 Å². The second-order valence-corrected chi connectivity index (χ2v) is 7.46. The molecule has 1 aliphatic rings. The number of nitriles is 1. The van der Waals surface area contributed by atoms with Gasteiger partial charge in [0.15, 0.2) is 0 Å². The van der Waals surface area contributed by atoms with Gasteiger partial charge in [-0.05, 0) is 44.2 Å². The van der Waals surface area contributed by atoms with E-state index in [1.165, 1.54) is 0 Å². The predicted octanol–water partition coefficient (Wildman–Crippen LogP) is 2.78. The van der Waals surface area contributed by atoms with Gasteiger partial charge in [-0.2, -0.15) is 5.26 Å². The van der Waals surface area contributed by atoms with Crippen LogP contribution >= 0.6 is 0 Å². The van der Waals surface area contributed by atoms with Gasteiger partial charge in [-0.1, -0.05) is 6.07 Å². The average Bonchev–Trinajstić information content (AvgIpc) is 3.07. The first-order valence-electron chi connectivity index (χ1n) is 10.0. The number of pyridine rings is 2. The molecule has 3 aromatic rings. The number of carbonyl (C=O) groups excluding carboxylic acids is 1. The highest BCUT2D eigenvalue weighted by Gasteiger charge is 2.26. The maximum Gasteiger partial charge on any atom is 0.255 e. The van der Waals surface area contributed by atoms with E-state index in [4.69, 9.17) is 0 Å². The Balaban J connectivity index is 1.47.